The van der Waals surface area contributed by atoms with Gasteiger partial charge in [0.15, 0.2) is 0 Å². The maximum Gasteiger partial charge on any atom is 0.206 e. The van der Waals surface area contributed by atoms with Gasteiger partial charge in [-0.1, -0.05) is 50.1 Å². The van der Waals surface area contributed by atoms with Crippen molar-refractivity contribution in [2.24, 2.45) is 5.92 Å². The van der Waals surface area contributed by atoms with Crippen LogP contribution < -0.4 is 9.47 Å². The first-order chi connectivity index (χ1) is 11.4. The molecule has 121 valence electrons. The van der Waals surface area contributed by atoms with Crippen LogP contribution in [0.3, 0.4) is 0 Å². The van der Waals surface area contributed by atoms with E-state index in [1.807, 2.05) is 48.5 Å². The fourth-order valence-corrected chi connectivity index (χ4v) is 2.74. The predicted molar refractivity (Wildman–Crippen MR) is 89.4 cm³/mol. The van der Waals surface area contributed by atoms with E-state index in [0.29, 0.717) is 13.2 Å². The molecule has 0 bridgehead atoms. The Kier molecular flexibility index (Phi) is 5.54. The Morgan fingerprint density at radius 3 is 2.87 bits per heavy atom. The lowest BCUT2D eigenvalue weighted by Gasteiger charge is -2.32. The maximum atomic E-state index is 6.07. The molecule has 2 unspecified atom stereocenters. The highest BCUT2D eigenvalue weighted by Crippen LogP contribution is 2.30. The van der Waals surface area contributed by atoms with E-state index in [0.717, 1.165) is 36.3 Å². The van der Waals surface area contributed by atoms with Crippen molar-refractivity contribution >= 4 is 0 Å². The Morgan fingerprint density at radius 1 is 1.22 bits per heavy atom. The van der Waals surface area contributed by atoms with Crippen LogP contribution in [-0.4, -0.2) is 12.9 Å². The molecule has 1 radical (unpaired) electrons. The van der Waals surface area contributed by atoms with Crippen molar-refractivity contribution in [1.29, 1.82) is 0 Å². The van der Waals surface area contributed by atoms with Crippen molar-refractivity contribution in [3.05, 3.63) is 60.2 Å². The smallest absolute Gasteiger partial charge is 0.206 e. The average Bonchev–Trinajstić information content (AvgIpc) is 2.62. The van der Waals surface area contributed by atoms with Gasteiger partial charge in [-0.3, -0.25) is 0 Å². The van der Waals surface area contributed by atoms with Crippen LogP contribution in [0.4, 0.5) is 0 Å². The lowest BCUT2D eigenvalue weighted by atomic mass is 10.0. The monoisotopic (exact) mass is 311 g/mol. The summed E-state index contributed by atoms with van der Waals surface area (Å²) in [5.41, 5.74) is 1.11. The van der Waals surface area contributed by atoms with E-state index in [2.05, 4.69) is 13.0 Å². The first-order valence-corrected chi connectivity index (χ1v) is 8.32. The van der Waals surface area contributed by atoms with E-state index in [1.165, 1.54) is 0 Å². The molecule has 0 saturated heterocycles. The second-order valence-corrected chi connectivity index (χ2v) is 5.85. The van der Waals surface area contributed by atoms with Crippen molar-refractivity contribution in [3.8, 4) is 11.5 Å². The molecule has 1 aliphatic heterocycles. The van der Waals surface area contributed by atoms with Gasteiger partial charge < -0.3 is 14.2 Å². The zero-order valence-electron chi connectivity index (χ0n) is 13.5. The van der Waals surface area contributed by atoms with Crippen LogP contribution in [-0.2, 0) is 11.3 Å². The predicted octanol–water partition coefficient (Wildman–Crippen LogP) is 4.61. The number of rotatable bonds is 7. The minimum absolute atomic E-state index is 0.215. The molecule has 3 rings (SSSR count). The number of fused-ring (bicyclic) bond motifs is 1. The summed E-state index contributed by atoms with van der Waals surface area (Å²) in [5.74, 6) is 2.01. The second-order valence-electron chi connectivity index (χ2n) is 5.85. The molecule has 0 amide bonds. The third kappa shape index (κ3) is 4.26. The molecule has 0 N–H and O–H groups in total. The summed E-state index contributed by atoms with van der Waals surface area (Å²) in [6.07, 6.45) is 3.08. The summed E-state index contributed by atoms with van der Waals surface area (Å²) < 4.78 is 17.9. The van der Waals surface area contributed by atoms with Gasteiger partial charge in [-0.05, 0) is 30.7 Å². The Labute approximate surface area is 138 Å². The second kappa shape index (κ2) is 8.02. The summed E-state index contributed by atoms with van der Waals surface area (Å²) in [7, 11) is 0. The molecule has 2 aromatic rings. The third-order valence-electron chi connectivity index (χ3n) is 4.08. The summed E-state index contributed by atoms with van der Waals surface area (Å²) >= 11 is 0. The van der Waals surface area contributed by atoms with E-state index < -0.39 is 0 Å². The molecule has 23 heavy (non-hydrogen) atoms. The van der Waals surface area contributed by atoms with Crippen LogP contribution in [0.25, 0.3) is 0 Å². The number of para-hydroxylation sites is 1. The number of ether oxygens (including phenoxy) is 3. The molecule has 1 heterocycles. The first-order valence-electron chi connectivity index (χ1n) is 8.32. The maximum absolute atomic E-state index is 6.07. The van der Waals surface area contributed by atoms with Gasteiger partial charge in [0.25, 0.3) is 0 Å². The highest BCUT2D eigenvalue weighted by atomic mass is 16.7. The molecule has 0 aliphatic carbocycles. The van der Waals surface area contributed by atoms with Gasteiger partial charge in [0.1, 0.15) is 11.5 Å². The van der Waals surface area contributed by atoms with Gasteiger partial charge in [0.05, 0.1) is 19.1 Å². The molecule has 0 saturated carbocycles. The van der Waals surface area contributed by atoms with Crippen LogP contribution >= 0.6 is 0 Å². The molecule has 3 heteroatoms. The molecular weight excluding hydrogens is 288 g/mol. The van der Waals surface area contributed by atoms with Gasteiger partial charge in [-0.15, -0.1) is 0 Å². The Morgan fingerprint density at radius 2 is 2.04 bits per heavy atom. The van der Waals surface area contributed by atoms with Crippen molar-refractivity contribution in [2.45, 2.75) is 39.1 Å². The lowest BCUT2D eigenvalue weighted by molar-refractivity contribution is -0.148. The zero-order chi connectivity index (χ0) is 15.9. The number of unbranched alkanes of at least 4 members (excludes halogenated alkanes) is 1. The van der Waals surface area contributed by atoms with Crippen molar-refractivity contribution in [3.63, 3.8) is 0 Å². The minimum atomic E-state index is -0.244. The molecule has 2 aromatic carbocycles. The normalized spacial score (nSPS) is 17.9. The van der Waals surface area contributed by atoms with Crippen LogP contribution in [0.5, 0.6) is 11.5 Å². The van der Waals surface area contributed by atoms with E-state index in [-0.39, 0.29) is 12.2 Å². The van der Waals surface area contributed by atoms with Gasteiger partial charge in [-0.2, -0.15) is 0 Å². The van der Waals surface area contributed by atoms with Crippen molar-refractivity contribution < 1.29 is 14.2 Å². The Balaban J connectivity index is 1.64. The first kappa shape index (κ1) is 15.9. The van der Waals surface area contributed by atoms with Gasteiger partial charge in [0.2, 0.25) is 6.29 Å². The van der Waals surface area contributed by atoms with Crippen LogP contribution in [0.15, 0.2) is 48.5 Å². The SMILES string of the molecule is CCCCC(COc1cc[c]cc1)C1OCc2ccccc2O1. The fraction of sp³-hybridized carbons (Fsp3) is 0.400. The number of hydrogen-bond donors (Lipinski definition) is 0. The largest absolute Gasteiger partial charge is 0.493 e. The number of benzene rings is 2. The molecule has 3 nitrogen and oxygen atoms in total. The third-order valence-corrected chi connectivity index (χ3v) is 4.08. The van der Waals surface area contributed by atoms with Gasteiger partial charge in [0, 0.05) is 5.56 Å². The lowest BCUT2D eigenvalue weighted by Crippen LogP contribution is -2.36. The average molecular weight is 311 g/mol. The topological polar surface area (TPSA) is 27.7 Å². The van der Waals surface area contributed by atoms with Gasteiger partial charge >= 0.3 is 0 Å². The zero-order valence-corrected chi connectivity index (χ0v) is 13.5. The molecular formula is C20H23O3. The van der Waals surface area contributed by atoms with E-state index in [9.17, 15) is 0 Å². The summed E-state index contributed by atoms with van der Waals surface area (Å²) in [6, 6.07) is 18.6. The summed E-state index contributed by atoms with van der Waals surface area (Å²) in [4.78, 5) is 0. The molecule has 1 aliphatic rings. The van der Waals surface area contributed by atoms with Crippen molar-refractivity contribution in [2.75, 3.05) is 6.61 Å². The van der Waals surface area contributed by atoms with E-state index >= 15 is 0 Å². The van der Waals surface area contributed by atoms with Gasteiger partial charge in [-0.25, -0.2) is 0 Å². The quantitative estimate of drug-likeness (QED) is 0.747. The fourth-order valence-electron chi connectivity index (χ4n) is 2.74. The molecule has 0 spiro atoms. The highest BCUT2D eigenvalue weighted by Gasteiger charge is 2.28. The standard InChI is InChI=1S/C20H23O3/c1-2-3-9-17(15-21-18-11-5-4-6-12-18)20-22-14-16-10-7-8-13-19(16)23-20/h5-8,10-13,17,20H,2-3,9,14-15H2,1H3. The van der Waals surface area contributed by atoms with Crippen LogP contribution in [0.2, 0.25) is 0 Å². The minimum Gasteiger partial charge on any atom is -0.493 e. The van der Waals surface area contributed by atoms with Crippen LogP contribution in [0, 0.1) is 12.0 Å². The highest BCUT2D eigenvalue weighted by molar-refractivity contribution is 5.33. The Bertz CT molecular complexity index is 597. The number of hydrogen-bond acceptors (Lipinski definition) is 3. The molecule has 0 fully saturated rings. The van der Waals surface area contributed by atoms with Crippen LogP contribution in [0.1, 0.15) is 31.7 Å². The van der Waals surface area contributed by atoms with E-state index in [1.54, 1.807) is 0 Å². The molecule has 0 aromatic heterocycles. The van der Waals surface area contributed by atoms with Crippen molar-refractivity contribution in [1.82, 2.24) is 0 Å². The summed E-state index contributed by atoms with van der Waals surface area (Å²) in [6.45, 7) is 3.39. The molecule has 2 atom stereocenters. The van der Waals surface area contributed by atoms with E-state index in [4.69, 9.17) is 14.2 Å². The summed E-state index contributed by atoms with van der Waals surface area (Å²) in [5, 5.41) is 0. The Hall–Kier alpha value is -2.00.